The molecule has 0 saturated heterocycles. The van der Waals surface area contributed by atoms with Gasteiger partial charge in [-0.2, -0.15) is 12.8 Å². The average molecular weight is 1540 g/mol. The summed E-state index contributed by atoms with van der Waals surface area (Å²) in [6.07, 6.45) is 8.24. The van der Waals surface area contributed by atoms with Crippen LogP contribution in [0.3, 0.4) is 0 Å². The number of nitrogens with zero attached hydrogens (tertiary/aromatic N) is 6. The molecule has 0 N–H and O–H groups in total. The van der Waals surface area contributed by atoms with E-state index in [0.717, 1.165) is 27.5 Å². The van der Waals surface area contributed by atoms with Crippen LogP contribution < -0.4 is 24.5 Å². The van der Waals surface area contributed by atoms with Crippen LogP contribution in [0.2, 0.25) is 0 Å². The zero-order chi connectivity index (χ0) is 60.5. The summed E-state index contributed by atoms with van der Waals surface area (Å²) < 4.78 is 76.3. The van der Waals surface area contributed by atoms with Gasteiger partial charge in [0.1, 0.15) is 11.6 Å². The minimum atomic E-state index is -3.59. The van der Waals surface area contributed by atoms with Crippen molar-refractivity contribution in [3.8, 4) is 22.5 Å². The van der Waals surface area contributed by atoms with E-state index in [1.54, 1.807) is 18.2 Å². The summed E-state index contributed by atoms with van der Waals surface area (Å²) in [5.41, 5.74) is 3.69. The third-order valence-electron chi connectivity index (χ3n) is 13.3. The topological polar surface area (TPSA) is 178 Å². The maximum Gasteiger partial charge on any atom is 0.239 e. The smallest absolute Gasteiger partial charge is 0.239 e. The molecule has 20 heteroatoms. The van der Waals surface area contributed by atoms with Crippen molar-refractivity contribution in [3.05, 3.63) is 194 Å². The molecule has 0 unspecified atom stereocenters. The predicted molar refractivity (Wildman–Crippen MR) is 333 cm³/mol. The van der Waals surface area contributed by atoms with Crippen LogP contribution in [0.15, 0.2) is 146 Å². The standard InChI is InChI=1S/C25H26OP.C23H29FN3O3S.C16H18FN3O3S.2W/c1-3-21(2)19-22(26)20-27(23-13-7-4-8-14-23,24-15-9-5-10-16-24)25-17-11-6-12-18-25;1-7-16(4)14-19(28)12-13-20-21(15(2)3)25-23(27(5)31(6,29)30)26-22(20)17-8-10-18(24)11-9-17;1-10(2)14-13(9-21)15(11-5-7-12(17)8-6-11)19-16(18-14)20(3)24(4,22)23;;/h4-18,20-21H,1,3,19H2,2H3;8-13,15-16H,1,7,14H2,2-6H3;5-10H,1-4H3;;/q2*-1;;;/b;13-12+;;;/t21-;16-;;;/m00.../s1. The van der Waals surface area contributed by atoms with Crippen molar-refractivity contribution in [1.82, 2.24) is 19.9 Å². The summed E-state index contributed by atoms with van der Waals surface area (Å²) >= 11 is 0. The number of benzene rings is 5. The second-order valence-corrected chi connectivity index (χ2v) is 27.8. The van der Waals surface area contributed by atoms with Gasteiger partial charge in [-0.05, 0) is 101 Å². The first kappa shape index (κ1) is 72.3. The van der Waals surface area contributed by atoms with Gasteiger partial charge < -0.3 is 13.8 Å². The van der Waals surface area contributed by atoms with E-state index in [2.05, 4.69) is 114 Å². The predicted octanol–water partition coefficient (Wildman–Crippen LogP) is 11.8. The van der Waals surface area contributed by atoms with Crippen molar-refractivity contribution < 1.29 is 82.1 Å². The van der Waals surface area contributed by atoms with E-state index < -0.39 is 38.6 Å². The normalized spacial score (nSPS) is 12.1. The zero-order valence-electron chi connectivity index (χ0n) is 49.0. The Morgan fingerprint density at radius 1 is 0.536 bits per heavy atom. The molecule has 0 bridgehead atoms. The molecule has 7 rings (SSSR count). The maximum absolute atomic E-state index is 13.5. The Bertz CT molecular complexity index is 3520. The number of Topliss-reactive ketones (excluding diaryl/α,β-unsaturated/α-hetero) is 1. The van der Waals surface area contributed by atoms with Gasteiger partial charge in [-0.1, -0.05) is 144 Å². The van der Waals surface area contributed by atoms with Crippen LogP contribution in [0.1, 0.15) is 106 Å². The number of sulfonamides is 2. The second kappa shape index (κ2) is 33.1. The van der Waals surface area contributed by atoms with Crippen molar-refractivity contribution in [2.75, 3.05) is 35.2 Å². The van der Waals surface area contributed by atoms with E-state index >= 15 is 0 Å². The number of anilines is 2. The Morgan fingerprint density at radius 3 is 1.19 bits per heavy atom. The Morgan fingerprint density at radius 2 is 0.869 bits per heavy atom. The number of allylic oxidation sites excluding steroid dienone is 1. The van der Waals surface area contributed by atoms with Gasteiger partial charge in [0.25, 0.3) is 0 Å². The Balaban J connectivity index is 0.000000329. The van der Waals surface area contributed by atoms with Crippen molar-refractivity contribution in [1.29, 1.82) is 0 Å². The molecular formula is C64H73F2N6O7PS2W2-2. The van der Waals surface area contributed by atoms with Gasteiger partial charge in [-0.25, -0.2) is 54.2 Å². The fourth-order valence-corrected chi connectivity index (χ4v) is 13.0. The molecule has 7 aromatic rings. The van der Waals surface area contributed by atoms with Gasteiger partial charge in [0.15, 0.2) is 17.9 Å². The molecule has 0 fully saturated rings. The van der Waals surface area contributed by atoms with Crippen molar-refractivity contribution in [2.24, 2.45) is 11.8 Å². The summed E-state index contributed by atoms with van der Waals surface area (Å²) in [4.78, 5) is 54.5. The molecule has 2 heterocycles. The molecule has 2 aromatic heterocycles. The van der Waals surface area contributed by atoms with Crippen LogP contribution in [0.4, 0.5) is 20.7 Å². The first-order chi connectivity index (χ1) is 38.7. The first-order valence-electron chi connectivity index (χ1n) is 26.7. The fraction of sp³-hybridized carbons (Fsp3) is 0.281. The van der Waals surface area contributed by atoms with Gasteiger partial charge in [0.2, 0.25) is 31.9 Å². The molecular weight excluding hydrogens is 1470 g/mol. The number of rotatable bonds is 21. The molecule has 13 nitrogen and oxygen atoms in total. The number of hydrogen-bond donors (Lipinski definition) is 0. The van der Waals surface area contributed by atoms with Crippen molar-refractivity contribution >= 4 is 84.5 Å². The van der Waals surface area contributed by atoms with Crippen LogP contribution in [-0.2, 0) is 71.8 Å². The van der Waals surface area contributed by atoms with Crippen molar-refractivity contribution in [2.45, 2.75) is 79.1 Å². The minimum absolute atomic E-state index is 0. The minimum Gasteiger partial charge on any atom is -0.343 e. The van der Waals surface area contributed by atoms with Crippen LogP contribution in [-0.4, -0.2) is 87.0 Å². The van der Waals surface area contributed by atoms with E-state index in [9.17, 15) is 40.0 Å². The fourth-order valence-electron chi connectivity index (χ4n) is 8.41. The quantitative estimate of drug-likeness (QED) is 0.0289. The van der Waals surface area contributed by atoms with E-state index in [4.69, 9.17) is 0 Å². The number of carbonyl (C=O) groups excluding carboxylic acids is 3. The molecule has 0 saturated carbocycles. The molecule has 0 aliphatic heterocycles. The summed E-state index contributed by atoms with van der Waals surface area (Å²) in [7, 11) is -4.44. The molecule has 84 heavy (non-hydrogen) atoms. The third-order valence-corrected chi connectivity index (χ3v) is 19.6. The first-order valence-corrected chi connectivity index (χ1v) is 32.2. The summed E-state index contributed by atoms with van der Waals surface area (Å²) in [6, 6.07) is 42.6. The number of halogens is 2. The molecule has 0 aliphatic carbocycles. The van der Waals surface area contributed by atoms with Gasteiger partial charge in [-0.3, -0.25) is 14.4 Å². The molecule has 0 aliphatic rings. The molecule has 0 amide bonds. The number of ketones is 2. The number of hydrogen-bond acceptors (Lipinski definition) is 11. The summed E-state index contributed by atoms with van der Waals surface area (Å²) in [6.45, 7) is 17.2. The largest absolute Gasteiger partial charge is 0.343 e. The van der Waals surface area contributed by atoms with Crippen LogP contribution in [0, 0.1) is 37.3 Å². The van der Waals surface area contributed by atoms with E-state index in [1.165, 1.54) is 72.5 Å². The Labute approximate surface area is 524 Å². The SMILES string of the molecule is CC(C)c1nc(N(C)S(C)(=O)=O)nc(-c2ccc(F)cc2)c1C=O.[CH2-]C[C@H](C)CC(=O)/C=C/c1c(-c2ccc(F)cc2)nc(N(C)S(C)(=O)=O)nc1C(C)C.[CH2-]C[C@H](C)CC(=O)C=P(c1ccccc1)(c1ccccc1)c1ccccc1.[W].[W]. The third kappa shape index (κ3) is 19.5. The van der Waals surface area contributed by atoms with E-state index in [0.29, 0.717) is 59.3 Å². The monoisotopic (exact) mass is 1540 g/mol. The molecule has 5 aromatic carbocycles. The van der Waals surface area contributed by atoms with E-state index in [-0.39, 0.29) is 101 Å². The van der Waals surface area contributed by atoms with Gasteiger partial charge >= 0.3 is 0 Å². The Kier molecular flexibility index (Phi) is 28.5. The Hall–Kier alpha value is -5.95. The van der Waals surface area contributed by atoms with Crippen LogP contribution in [0.5, 0.6) is 0 Å². The van der Waals surface area contributed by atoms with Gasteiger partial charge in [-0.15, -0.1) is 0 Å². The number of aromatic nitrogens is 4. The summed E-state index contributed by atoms with van der Waals surface area (Å²) in [5, 5.41) is 3.62. The van der Waals surface area contributed by atoms with Crippen LogP contribution >= 0.6 is 6.89 Å². The zero-order valence-corrected chi connectivity index (χ0v) is 57.4. The molecule has 0 radical (unpaired) electrons. The number of aldehydes is 1. The van der Waals surface area contributed by atoms with Gasteiger partial charge in [0, 0.05) is 85.8 Å². The molecule has 2 atom stereocenters. The number of carbonyl (C=O) groups is 3. The average Bonchev–Trinajstić information content (AvgIpc) is 1.64. The van der Waals surface area contributed by atoms with Gasteiger partial charge in [0.05, 0.1) is 40.9 Å². The summed E-state index contributed by atoms with van der Waals surface area (Å²) in [5.74, 6) is 1.59. The van der Waals surface area contributed by atoms with Crippen LogP contribution in [0.25, 0.3) is 28.6 Å². The molecule has 0 spiro atoms. The van der Waals surface area contributed by atoms with Crippen molar-refractivity contribution in [3.63, 3.8) is 0 Å². The van der Waals surface area contributed by atoms with E-state index in [1.807, 2.05) is 58.6 Å². The molecule has 446 valence electrons. The maximum atomic E-state index is 13.5. The second-order valence-electron chi connectivity index (χ2n) is 20.6.